The van der Waals surface area contributed by atoms with Crippen molar-refractivity contribution in [2.45, 2.75) is 39.2 Å². The maximum Gasteiger partial charge on any atom is 0.243 e. The van der Waals surface area contributed by atoms with Crippen LogP contribution in [0.1, 0.15) is 44.7 Å². The van der Waals surface area contributed by atoms with Gasteiger partial charge in [0.05, 0.1) is 6.04 Å². The van der Waals surface area contributed by atoms with E-state index in [0.29, 0.717) is 12.6 Å². The second-order valence-corrected chi connectivity index (χ2v) is 7.59. The van der Waals surface area contributed by atoms with Crippen LogP contribution in [0.25, 0.3) is 0 Å². The number of benzene rings is 1. The predicted octanol–water partition coefficient (Wildman–Crippen LogP) is 3.02. The van der Waals surface area contributed by atoms with E-state index in [1.165, 1.54) is 24.1 Å². The summed E-state index contributed by atoms with van der Waals surface area (Å²) in [4.78, 5) is 20.4. The van der Waals surface area contributed by atoms with Crippen LogP contribution in [0.5, 0.6) is 0 Å². The van der Waals surface area contributed by atoms with E-state index in [-0.39, 0.29) is 42.5 Å². The fourth-order valence-electron chi connectivity index (χ4n) is 3.22. The van der Waals surface area contributed by atoms with Crippen molar-refractivity contribution in [1.82, 2.24) is 15.5 Å². The molecule has 0 aromatic heterocycles. The first-order valence-electron chi connectivity index (χ1n) is 10.7. The molecular weight excluding hydrogens is 493 g/mol. The van der Waals surface area contributed by atoms with Crippen LogP contribution in [0.3, 0.4) is 0 Å². The number of halogens is 1. The molecule has 0 saturated carbocycles. The van der Waals surface area contributed by atoms with Gasteiger partial charge >= 0.3 is 0 Å². The summed E-state index contributed by atoms with van der Waals surface area (Å²) in [5, 5.41) is 6.77. The summed E-state index contributed by atoms with van der Waals surface area (Å²) >= 11 is 0. The Bertz CT molecular complexity index is 663. The average molecular weight is 531 g/mol. The lowest BCUT2D eigenvalue weighted by Crippen LogP contribution is -2.40. The third-order valence-electron chi connectivity index (χ3n) is 5.03. The van der Waals surface area contributed by atoms with Crippen molar-refractivity contribution in [2.75, 3.05) is 58.4 Å². The van der Waals surface area contributed by atoms with Gasteiger partial charge in [0, 0.05) is 52.6 Å². The van der Waals surface area contributed by atoms with Crippen LogP contribution in [-0.4, -0.2) is 70.3 Å². The van der Waals surface area contributed by atoms with E-state index in [2.05, 4.69) is 51.7 Å². The van der Waals surface area contributed by atoms with E-state index in [1.54, 1.807) is 19.0 Å². The van der Waals surface area contributed by atoms with Gasteiger partial charge in [-0.25, -0.2) is 4.99 Å². The van der Waals surface area contributed by atoms with Crippen molar-refractivity contribution >= 4 is 41.5 Å². The zero-order valence-corrected chi connectivity index (χ0v) is 21.1. The highest BCUT2D eigenvalue weighted by molar-refractivity contribution is 14.0. The van der Waals surface area contributed by atoms with E-state index in [4.69, 9.17) is 4.74 Å². The maximum absolute atomic E-state index is 11.9. The van der Waals surface area contributed by atoms with Crippen LogP contribution >= 0.6 is 24.0 Å². The van der Waals surface area contributed by atoms with E-state index >= 15 is 0 Å². The van der Waals surface area contributed by atoms with Crippen molar-refractivity contribution in [2.24, 2.45) is 4.99 Å². The highest BCUT2D eigenvalue weighted by Gasteiger charge is 2.15. The monoisotopic (exact) mass is 531 g/mol. The Morgan fingerprint density at radius 2 is 2.03 bits per heavy atom. The molecule has 30 heavy (non-hydrogen) atoms. The minimum atomic E-state index is -0.0240. The van der Waals surface area contributed by atoms with Crippen LogP contribution < -0.4 is 15.5 Å². The van der Waals surface area contributed by atoms with Gasteiger partial charge in [-0.2, -0.15) is 0 Å². The Labute approximate surface area is 198 Å². The van der Waals surface area contributed by atoms with Gasteiger partial charge in [-0.1, -0.05) is 12.1 Å². The predicted molar refractivity (Wildman–Crippen MR) is 135 cm³/mol. The quantitative estimate of drug-likeness (QED) is 0.210. The summed E-state index contributed by atoms with van der Waals surface area (Å²) in [6, 6.07) is 8.75. The van der Waals surface area contributed by atoms with Gasteiger partial charge in [-0.15, -0.1) is 24.0 Å². The number of aliphatic imine (C=N–C) groups is 1. The molecule has 1 unspecified atom stereocenters. The molecule has 1 aromatic rings. The number of guanidine groups is 1. The van der Waals surface area contributed by atoms with Crippen LogP contribution in [0.15, 0.2) is 29.3 Å². The van der Waals surface area contributed by atoms with Crippen molar-refractivity contribution in [3.8, 4) is 0 Å². The zero-order valence-electron chi connectivity index (χ0n) is 18.8. The largest absolute Gasteiger partial charge is 0.382 e. The molecule has 0 aliphatic carbocycles. The number of carbonyl (C=O) groups is 1. The fourth-order valence-corrected chi connectivity index (χ4v) is 3.22. The van der Waals surface area contributed by atoms with Crippen molar-refractivity contribution in [3.63, 3.8) is 0 Å². The zero-order chi connectivity index (χ0) is 21.1. The highest BCUT2D eigenvalue weighted by Crippen LogP contribution is 2.23. The molecule has 1 aromatic carbocycles. The molecule has 1 heterocycles. The molecule has 2 rings (SSSR count). The lowest BCUT2D eigenvalue weighted by Gasteiger charge is -2.22. The van der Waals surface area contributed by atoms with Gasteiger partial charge < -0.3 is 25.2 Å². The van der Waals surface area contributed by atoms with E-state index in [9.17, 15) is 4.79 Å². The fraction of sp³-hybridized carbons (Fsp3) is 0.636. The van der Waals surface area contributed by atoms with Crippen molar-refractivity contribution in [1.29, 1.82) is 0 Å². The Morgan fingerprint density at radius 1 is 1.30 bits per heavy atom. The number of amides is 1. The summed E-state index contributed by atoms with van der Waals surface area (Å²) in [7, 11) is 3.49. The molecule has 1 saturated heterocycles. The van der Waals surface area contributed by atoms with Crippen LogP contribution in [0.4, 0.5) is 5.69 Å². The Hall–Kier alpha value is -1.55. The molecule has 1 aliphatic rings. The summed E-state index contributed by atoms with van der Waals surface area (Å²) in [5.41, 5.74) is 2.48. The Balaban J connectivity index is 0.00000450. The smallest absolute Gasteiger partial charge is 0.243 e. The summed E-state index contributed by atoms with van der Waals surface area (Å²) < 4.78 is 5.39. The first-order valence-corrected chi connectivity index (χ1v) is 10.7. The lowest BCUT2D eigenvalue weighted by atomic mass is 10.1. The van der Waals surface area contributed by atoms with E-state index in [0.717, 1.165) is 32.7 Å². The number of hydrogen-bond acceptors (Lipinski definition) is 4. The molecule has 0 bridgehead atoms. The molecule has 1 amide bonds. The van der Waals surface area contributed by atoms with Gasteiger partial charge in [-0.3, -0.25) is 4.79 Å². The van der Waals surface area contributed by atoms with Crippen LogP contribution in [0, 0.1) is 0 Å². The molecule has 170 valence electrons. The lowest BCUT2D eigenvalue weighted by molar-refractivity contribution is -0.127. The second kappa shape index (κ2) is 14.5. The van der Waals surface area contributed by atoms with Gasteiger partial charge in [0.2, 0.25) is 5.91 Å². The normalized spacial score (nSPS) is 14.8. The summed E-state index contributed by atoms with van der Waals surface area (Å²) in [6.45, 7) is 8.66. The highest BCUT2D eigenvalue weighted by atomic mass is 127. The minimum absolute atomic E-state index is 0. The summed E-state index contributed by atoms with van der Waals surface area (Å²) in [6.07, 6.45) is 3.41. The molecule has 8 heteroatoms. The van der Waals surface area contributed by atoms with Crippen LogP contribution in [0.2, 0.25) is 0 Å². The number of carbonyl (C=O) groups excluding carboxylic acids is 1. The number of nitrogens with zero attached hydrogens (tertiary/aromatic N) is 3. The Morgan fingerprint density at radius 3 is 2.70 bits per heavy atom. The number of hydrogen-bond donors (Lipinski definition) is 2. The Kier molecular flexibility index (Phi) is 12.8. The van der Waals surface area contributed by atoms with Gasteiger partial charge in [0.25, 0.3) is 0 Å². The number of anilines is 1. The number of ether oxygens (including phenoxy) is 1. The molecule has 1 atom stereocenters. The maximum atomic E-state index is 11.9. The molecule has 1 aliphatic heterocycles. The standard InChI is InChI=1S/C22H37N5O2.HI/c1-5-29-15-9-12-23-22(24-17-21(28)26(3)4)25-18(2)19-10-8-11-20(16-19)27-13-6-7-14-27;/h8,10-11,16,18H,5-7,9,12-15,17H2,1-4H3,(H2,23,24,25);1H. The molecule has 0 spiro atoms. The van der Waals surface area contributed by atoms with Gasteiger partial charge in [0.1, 0.15) is 6.54 Å². The SMILES string of the molecule is CCOCCCNC(=NCC(=O)N(C)C)NC(C)c1cccc(N2CCCC2)c1.I. The van der Waals surface area contributed by atoms with Crippen molar-refractivity contribution < 1.29 is 9.53 Å². The van der Waals surface area contributed by atoms with Gasteiger partial charge in [0.15, 0.2) is 5.96 Å². The van der Waals surface area contributed by atoms with E-state index < -0.39 is 0 Å². The number of likely N-dealkylation sites (N-methyl/N-ethyl adjacent to an activating group) is 1. The summed E-state index contributed by atoms with van der Waals surface area (Å²) in [5.74, 6) is 0.625. The van der Waals surface area contributed by atoms with Crippen LogP contribution in [-0.2, 0) is 9.53 Å². The van der Waals surface area contributed by atoms with E-state index in [1.807, 2.05) is 6.92 Å². The van der Waals surface area contributed by atoms with Crippen molar-refractivity contribution in [3.05, 3.63) is 29.8 Å². The topological polar surface area (TPSA) is 69.2 Å². The molecule has 1 fully saturated rings. The molecular formula is C22H38IN5O2. The molecule has 7 nitrogen and oxygen atoms in total. The third kappa shape index (κ3) is 9.07. The number of rotatable bonds is 10. The average Bonchev–Trinajstić information content (AvgIpc) is 3.26. The second-order valence-electron chi connectivity index (χ2n) is 7.59. The number of nitrogens with one attached hydrogen (secondary N) is 2. The first-order chi connectivity index (χ1) is 14.0. The molecule has 0 radical (unpaired) electrons. The third-order valence-corrected chi connectivity index (χ3v) is 5.03. The minimum Gasteiger partial charge on any atom is -0.382 e. The molecule has 2 N–H and O–H groups in total. The van der Waals surface area contributed by atoms with Gasteiger partial charge in [-0.05, 0) is 50.8 Å². The first kappa shape index (κ1) is 26.5.